The Bertz CT molecular complexity index is 951. The van der Waals surface area contributed by atoms with E-state index in [9.17, 15) is 0 Å². The van der Waals surface area contributed by atoms with Crippen LogP contribution in [0.4, 0.5) is 0 Å². The molecule has 0 radical (unpaired) electrons. The van der Waals surface area contributed by atoms with Crippen molar-refractivity contribution in [2.24, 2.45) is 9.98 Å². The molecule has 0 amide bonds. The molecule has 2 aromatic carbocycles. The molecule has 0 saturated heterocycles. The molecule has 3 heterocycles. The van der Waals surface area contributed by atoms with E-state index in [-0.39, 0.29) is 12.1 Å². The van der Waals surface area contributed by atoms with Gasteiger partial charge in [0.1, 0.15) is 36.7 Å². The Morgan fingerprint density at radius 2 is 1.04 bits per heavy atom. The van der Waals surface area contributed by atoms with Crippen molar-refractivity contribution >= 4 is 11.8 Å². The highest BCUT2D eigenvalue weighted by molar-refractivity contribution is 5.97. The van der Waals surface area contributed by atoms with Gasteiger partial charge in [0, 0.05) is 0 Å². The van der Waals surface area contributed by atoms with Crippen LogP contribution >= 0.6 is 0 Å². The topological polar surface area (TPSA) is 56.1 Å². The molecule has 3 aromatic rings. The molecule has 0 unspecified atom stereocenters. The van der Waals surface area contributed by atoms with Gasteiger partial charge in [-0.25, -0.2) is 15.0 Å². The Kier molecular flexibility index (Phi) is 4.33. The molecule has 0 spiro atoms. The number of hydrogen-bond donors (Lipinski definition) is 0. The summed E-state index contributed by atoms with van der Waals surface area (Å²) < 4.78 is 11.6. The molecule has 5 heteroatoms. The van der Waals surface area contributed by atoms with E-state index >= 15 is 0 Å². The fourth-order valence-corrected chi connectivity index (χ4v) is 3.39. The molecule has 0 bridgehead atoms. The minimum absolute atomic E-state index is 0.00388. The highest BCUT2D eigenvalue weighted by atomic mass is 16.5. The summed E-state index contributed by atoms with van der Waals surface area (Å²) in [7, 11) is 0. The van der Waals surface area contributed by atoms with E-state index < -0.39 is 0 Å². The zero-order valence-electron chi connectivity index (χ0n) is 15.2. The van der Waals surface area contributed by atoms with Crippen molar-refractivity contribution < 1.29 is 9.47 Å². The van der Waals surface area contributed by atoms with Crippen molar-refractivity contribution in [1.29, 1.82) is 0 Å². The summed E-state index contributed by atoms with van der Waals surface area (Å²) in [5, 5.41) is 0. The Hall–Kier alpha value is -3.47. The molecule has 0 saturated carbocycles. The lowest BCUT2D eigenvalue weighted by atomic mass is 10.1. The molecule has 28 heavy (non-hydrogen) atoms. The van der Waals surface area contributed by atoms with Crippen LogP contribution in [-0.4, -0.2) is 30.0 Å². The number of hydrogen-bond acceptors (Lipinski definition) is 5. The van der Waals surface area contributed by atoms with Gasteiger partial charge in [0.25, 0.3) is 0 Å². The van der Waals surface area contributed by atoms with Gasteiger partial charge in [-0.05, 0) is 23.3 Å². The summed E-state index contributed by atoms with van der Waals surface area (Å²) in [6, 6.07) is 26.1. The van der Waals surface area contributed by atoms with Crippen molar-refractivity contribution in [2.45, 2.75) is 12.1 Å². The molecule has 2 aliphatic heterocycles. The van der Waals surface area contributed by atoms with E-state index in [0.29, 0.717) is 36.4 Å². The van der Waals surface area contributed by atoms with Crippen LogP contribution in [0, 0.1) is 0 Å². The van der Waals surface area contributed by atoms with Crippen LogP contribution < -0.4 is 0 Å². The summed E-state index contributed by atoms with van der Waals surface area (Å²) >= 11 is 0. The van der Waals surface area contributed by atoms with Crippen molar-refractivity contribution in [1.82, 2.24) is 4.98 Å². The molecule has 0 fully saturated rings. The fourth-order valence-electron chi connectivity index (χ4n) is 3.39. The summed E-state index contributed by atoms with van der Waals surface area (Å²) in [6.45, 7) is 1.05. The van der Waals surface area contributed by atoms with Crippen LogP contribution in [0.2, 0.25) is 0 Å². The van der Waals surface area contributed by atoms with Crippen molar-refractivity contribution in [3.8, 4) is 0 Å². The van der Waals surface area contributed by atoms with Crippen molar-refractivity contribution in [2.75, 3.05) is 13.2 Å². The lowest BCUT2D eigenvalue weighted by molar-refractivity contribution is 0.317. The van der Waals surface area contributed by atoms with Crippen LogP contribution in [-0.2, 0) is 9.47 Å². The molecule has 2 aliphatic rings. The lowest BCUT2D eigenvalue weighted by Crippen LogP contribution is -2.09. The molecule has 5 rings (SSSR count). The zero-order valence-corrected chi connectivity index (χ0v) is 15.2. The number of nitrogens with zero attached hydrogens (tertiary/aromatic N) is 3. The second-order valence-electron chi connectivity index (χ2n) is 6.75. The maximum atomic E-state index is 5.82. The molecular formula is C23H19N3O2. The Balaban J connectivity index is 1.39. The molecule has 2 atom stereocenters. The molecule has 0 N–H and O–H groups in total. The summed E-state index contributed by atoms with van der Waals surface area (Å²) in [5.41, 5.74) is 3.68. The summed E-state index contributed by atoms with van der Waals surface area (Å²) in [6.07, 6.45) is 0. The third-order valence-electron chi connectivity index (χ3n) is 4.86. The number of rotatable bonds is 4. The number of aromatic nitrogens is 1. The van der Waals surface area contributed by atoms with E-state index in [2.05, 4.69) is 29.2 Å². The van der Waals surface area contributed by atoms with Gasteiger partial charge in [0.05, 0.1) is 0 Å². The van der Waals surface area contributed by atoms with Gasteiger partial charge in [-0.15, -0.1) is 0 Å². The number of benzene rings is 2. The average Bonchev–Trinajstić information content (AvgIpc) is 3.46. The maximum Gasteiger partial charge on any atom is 0.236 e. The van der Waals surface area contributed by atoms with E-state index in [1.54, 1.807) is 0 Å². The lowest BCUT2D eigenvalue weighted by Gasteiger charge is -2.04. The van der Waals surface area contributed by atoms with Crippen LogP contribution in [0.15, 0.2) is 88.8 Å². The normalized spacial score (nSPS) is 20.9. The first kappa shape index (κ1) is 16.7. The van der Waals surface area contributed by atoms with E-state index in [4.69, 9.17) is 19.5 Å². The van der Waals surface area contributed by atoms with Gasteiger partial charge in [-0.1, -0.05) is 66.7 Å². The number of aliphatic imine (C=N–C) groups is 2. The van der Waals surface area contributed by atoms with Crippen molar-refractivity contribution in [3.05, 3.63) is 101 Å². The number of pyridine rings is 1. The maximum absolute atomic E-state index is 5.82. The highest BCUT2D eigenvalue weighted by Crippen LogP contribution is 2.26. The monoisotopic (exact) mass is 369 g/mol. The van der Waals surface area contributed by atoms with Gasteiger partial charge in [-0.3, -0.25) is 0 Å². The van der Waals surface area contributed by atoms with E-state index in [0.717, 1.165) is 11.1 Å². The first-order chi connectivity index (χ1) is 13.9. The molecule has 0 aliphatic carbocycles. The van der Waals surface area contributed by atoms with Gasteiger partial charge >= 0.3 is 0 Å². The fraction of sp³-hybridized carbons (Fsp3) is 0.174. The Labute approximate surface area is 163 Å². The predicted octanol–water partition coefficient (Wildman–Crippen LogP) is 4.12. The number of ether oxygens (including phenoxy) is 2. The molecule has 1 aromatic heterocycles. The predicted molar refractivity (Wildman–Crippen MR) is 108 cm³/mol. The van der Waals surface area contributed by atoms with Crippen LogP contribution in [0.5, 0.6) is 0 Å². The Morgan fingerprint density at radius 3 is 1.50 bits per heavy atom. The summed E-state index contributed by atoms with van der Waals surface area (Å²) in [5.74, 6) is 1.13. The van der Waals surface area contributed by atoms with E-state index in [1.165, 1.54) is 0 Å². The molecular weight excluding hydrogens is 350 g/mol. The first-order valence-corrected chi connectivity index (χ1v) is 9.36. The average molecular weight is 369 g/mol. The highest BCUT2D eigenvalue weighted by Gasteiger charge is 2.25. The third kappa shape index (κ3) is 3.27. The van der Waals surface area contributed by atoms with E-state index in [1.807, 2.05) is 54.6 Å². The van der Waals surface area contributed by atoms with Crippen LogP contribution in [0.3, 0.4) is 0 Å². The van der Waals surface area contributed by atoms with Gasteiger partial charge in [-0.2, -0.15) is 0 Å². The third-order valence-corrected chi connectivity index (χ3v) is 4.86. The van der Waals surface area contributed by atoms with Crippen LogP contribution in [0.1, 0.15) is 34.6 Å². The second-order valence-corrected chi connectivity index (χ2v) is 6.75. The minimum atomic E-state index is 0.00388. The quantitative estimate of drug-likeness (QED) is 0.695. The minimum Gasteiger partial charge on any atom is -0.474 e. The largest absolute Gasteiger partial charge is 0.474 e. The zero-order chi connectivity index (χ0) is 18.8. The van der Waals surface area contributed by atoms with Gasteiger partial charge in [0.15, 0.2) is 0 Å². The van der Waals surface area contributed by atoms with Gasteiger partial charge in [0.2, 0.25) is 11.8 Å². The molecule has 5 nitrogen and oxygen atoms in total. The smallest absolute Gasteiger partial charge is 0.236 e. The van der Waals surface area contributed by atoms with Crippen LogP contribution in [0.25, 0.3) is 0 Å². The Morgan fingerprint density at radius 1 is 0.571 bits per heavy atom. The standard InChI is InChI=1S/C23H19N3O2/c1-3-8-16(9-4-1)20-14-27-22(25-20)18-12-7-13-19(24-18)23-26-21(15-28-23)17-10-5-2-6-11-17/h1-13,20-21H,14-15H2/t20-,21-/m1/s1. The summed E-state index contributed by atoms with van der Waals surface area (Å²) in [4.78, 5) is 14.1. The van der Waals surface area contributed by atoms with Crippen molar-refractivity contribution in [3.63, 3.8) is 0 Å². The SMILES string of the molecule is c1ccc([C@H]2COC(c3cccc(C4=N[C@@H](c5ccccc5)CO4)n3)=N2)cc1. The second kappa shape index (κ2) is 7.27. The first-order valence-electron chi connectivity index (χ1n) is 9.36. The molecule has 138 valence electrons. The van der Waals surface area contributed by atoms with Gasteiger partial charge < -0.3 is 9.47 Å².